The fourth-order valence-electron chi connectivity index (χ4n) is 8.30. The van der Waals surface area contributed by atoms with Crippen molar-refractivity contribution in [2.75, 3.05) is 27.3 Å². The number of benzene rings is 2. The summed E-state index contributed by atoms with van der Waals surface area (Å²) in [7, 11) is 2.61. The highest BCUT2D eigenvalue weighted by Crippen LogP contribution is 2.39. The molecule has 4 aliphatic rings. The Morgan fingerprint density at radius 3 is 1.59 bits per heavy atom. The van der Waals surface area contributed by atoms with Crippen molar-refractivity contribution in [3.63, 3.8) is 0 Å². The lowest BCUT2D eigenvalue weighted by atomic mass is 10.1. The van der Waals surface area contributed by atoms with E-state index in [4.69, 9.17) is 29.4 Å². The molecule has 4 N–H and O–H groups in total. The summed E-state index contributed by atoms with van der Waals surface area (Å²) in [5.74, 6) is 2.08. The number of carbonyl (C=O) groups is 4. The van der Waals surface area contributed by atoms with Gasteiger partial charge in [-0.15, -0.1) is 0 Å². The normalized spacial score (nSPS) is 20.6. The van der Waals surface area contributed by atoms with E-state index < -0.39 is 24.3 Å². The van der Waals surface area contributed by atoms with Gasteiger partial charge in [0, 0.05) is 36.6 Å². The molecule has 0 radical (unpaired) electrons. The monoisotopic (exact) mass is 760 g/mol. The first-order valence-corrected chi connectivity index (χ1v) is 19.4. The molecule has 4 amide bonds. The quantitative estimate of drug-likeness (QED) is 0.147. The Morgan fingerprint density at radius 2 is 1.12 bits per heavy atom. The zero-order chi connectivity index (χ0) is 38.5. The minimum Gasteiger partial charge on any atom is -0.453 e. The molecule has 4 fully saturated rings. The molecule has 3 aromatic heterocycles. The van der Waals surface area contributed by atoms with Crippen molar-refractivity contribution in [2.24, 2.45) is 11.8 Å². The van der Waals surface area contributed by atoms with Crippen LogP contribution >= 0.6 is 0 Å². The van der Waals surface area contributed by atoms with Crippen molar-refractivity contribution < 1.29 is 28.7 Å². The Balaban J connectivity index is 0.899. The Labute approximate surface area is 322 Å². The third-order valence-electron chi connectivity index (χ3n) is 11.6. The second-order valence-corrected chi connectivity index (χ2v) is 15.3. The second kappa shape index (κ2) is 14.5. The Hall–Kier alpha value is -6.06. The van der Waals surface area contributed by atoms with Crippen molar-refractivity contribution in [3.05, 3.63) is 60.4 Å². The number of fused-ring (bicyclic) bond motifs is 2. The van der Waals surface area contributed by atoms with Crippen molar-refractivity contribution >= 4 is 46.1 Å². The first-order valence-electron chi connectivity index (χ1n) is 19.4. The van der Waals surface area contributed by atoms with Gasteiger partial charge in [-0.05, 0) is 99.1 Å². The van der Waals surface area contributed by atoms with Crippen LogP contribution < -0.4 is 10.6 Å². The first-order chi connectivity index (χ1) is 27.3. The van der Waals surface area contributed by atoms with Gasteiger partial charge in [0.25, 0.3) is 0 Å². The fraction of sp³-hybridized carbons (Fsp3) is 0.450. The molecule has 0 spiro atoms. The number of alkyl carbamates (subject to hydrolysis) is 2. The van der Waals surface area contributed by atoms with Gasteiger partial charge >= 0.3 is 12.2 Å². The van der Waals surface area contributed by atoms with E-state index in [9.17, 15) is 19.2 Å². The third-order valence-corrected chi connectivity index (χ3v) is 11.6. The number of aromatic nitrogens is 6. The van der Waals surface area contributed by atoms with E-state index in [-0.39, 0.29) is 35.7 Å². The van der Waals surface area contributed by atoms with Gasteiger partial charge in [-0.25, -0.2) is 29.5 Å². The number of aromatic amines is 2. The fourth-order valence-corrected chi connectivity index (χ4v) is 8.30. The van der Waals surface area contributed by atoms with Crippen molar-refractivity contribution in [2.45, 2.75) is 75.5 Å². The number of likely N-dealkylation sites (tertiary alicyclic amines) is 2. The molecule has 56 heavy (non-hydrogen) atoms. The van der Waals surface area contributed by atoms with E-state index in [0.29, 0.717) is 18.9 Å². The second-order valence-electron chi connectivity index (χ2n) is 15.3. The number of methoxy groups -OCH3 is 2. The highest BCUT2D eigenvalue weighted by Gasteiger charge is 2.44. The molecular weight excluding hydrogens is 717 g/mol. The standard InChI is InChI=1S/C40H44N10O6/c1-55-39(53)47-32(21-7-8-21)37(51)49-15-3-5-30(49)35-43-26-13-11-23(17-28(26)45-35)25-19-41-34(42-20-25)24-12-14-27-29(18-24)46-36(44-27)31-6-4-16-50(31)38(52)33(22-9-10-22)48-40(54)56-2/h11-14,17-22,30-33H,3-10,15-16H2,1-2H3,(H,43,45)(H,44,46)(H,47,53)(H,48,54)/t30-,31+,32-,33+/m1/s1. The van der Waals surface area contributed by atoms with Crippen LogP contribution in [0.25, 0.3) is 44.6 Å². The number of rotatable bonds is 10. The van der Waals surface area contributed by atoms with E-state index in [1.54, 1.807) is 12.4 Å². The number of H-pyrrole nitrogens is 2. The van der Waals surface area contributed by atoms with Crippen LogP contribution in [0, 0.1) is 11.8 Å². The number of amides is 4. The summed E-state index contributed by atoms with van der Waals surface area (Å²) in [6.07, 6.45) is 9.29. The Bertz CT molecular complexity index is 2150. The van der Waals surface area contributed by atoms with Gasteiger partial charge in [0.2, 0.25) is 11.8 Å². The lowest BCUT2D eigenvalue weighted by Gasteiger charge is -2.28. The van der Waals surface area contributed by atoms with Crippen LogP contribution in [0.15, 0.2) is 48.8 Å². The van der Waals surface area contributed by atoms with Gasteiger partial charge in [0.05, 0.1) is 48.4 Å². The highest BCUT2D eigenvalue weighted by molar-refractivity contribution is 5.88. The molecule has 2 saturated heterocycles. The molecule has 2 aromatic carbocycles. The minimum atomic E-state index is -0.595. The number of imidazole rings is 2. The van der Waals surface area contributed by atoms with Crippen LogP contribution in [0.1, 0.15) is 75.1 Å². The van der Waals surface area contributed by atoms with Gasteiger partial charge in [-0.3, -0.25) is 9.59 Å². The summed E-state index contributed by atoms with van der Waals surface area (Å²) < 4.78 is 9.58. The minimum absolute atomic E-state index is 0.0912. The number of hydrogen-bond acceptors (Lipinski definition) is 10. The number of nitrogens with one attached hydrogen (secondary N) is 4. The Morgan fingerprint density at radius 1 is 0.661 bits per heavy atom. The van der Waals surface area contributed by atoms with E-state index in [1.165, 1.54) is 14.2 Å². The predicted octanol–water partition coefficient (Wildman–Crippen LogP) is 5.16. The van der Waals surface area contributed by atoms with Crippen LogP contribution in [0.3, 0.4) is 0 Å². The molecule has 5 aromatic rings. The Kier molecular flexibility index (Phi) is 9.25. The van der Waals surface area contributed by atoms with Gasteiger partial charge in [-0.1, -0.05) is 6.07 Å². The van der Waals surface area contributed by atoms with Crippen LogP contribution in [-0.4, -0.2) is 103 Å². The summed E-state index contributed by atoms with van der Waals surface area (Å²) in [6.45, 7) is 1.21. The smallest absolute Gasteiger partial charge is 0.407 e. The van der Waals surface area contributed by atoms with Crippen molar-refractivity contribution in [1.82, 2.24) is 50.3 Å². The van der Waals surface area contributed by atoms with E-state index in [0.717, 1.165) is 102 Å². The van der Waals surface area contributed by atoms with Gasteiger partial charge in [-0.2, -0.15) is 0 Å². The molecule has 0 bridgehead atoms. The van der Waals surface area contributed by atoms with E-state index in [1.807, 2.05) is 46.2 Å². The van der Waals surface area contributed by atoms with Crippen LogP contribution in [-0.2, 0) is 19.1 Å². The van der Waals surface area contributed by atoms with E-state index in [2.05, 4.69) is 20.6 Å². The molecule has 16 heteroatoms. The summed E-state index contributed by atoms with van der Waals surface area (Å²) >= 11 is 0. The third kappa shape index (κ3) is 6.88. The van der Waals surface area contributed by atoms with E-state index >= 15 is 0 Å². The zero-order valence-corrected chi connectivity index (χ0v) is 31.3. The summed E-state index contributed by atoms with van der Waals surface area (Å²) in [5, 5.41) is 5.51. The molecule has 290 valence electrons. The summed E-state index contributed by atoms with van der Waals surface area (Å²) in [6, 6.07) is 10.2. The van der Waals surface area contributed by atoms with Crippen LogP contribution in [0.4, 0.5) is 9.59 Å². The van der Waals surface area contributed by atoms with Crippen LogP contribution in [0.2, 0.25) is 0 Å². The number of hydrogen-bond donors (Lipinski definition) is 4. The average molecular weight is 761 g/mol. The van der Waals surface area contributed by atoms with Gasteiger partial charge in [0.15, 0.2) is 5.82 Å². The molecule has 2 saturated carbocycles. The molecule has 5 heterocycles. The lowest BCUT2D eigenvalue weighted by Crippen LogP contribution is -2.49. The molecule has 4 atom stereocenters. The molecule has 2 aliphatic heterocycles. The predicted molar refractivity (Wildman–Crippen MR) is 204 cm³/mol. The maximum absolute atomic E-state index is 13.6. The highest BCUT2D eigenvalue weighted by atomic mass is 16.5. The van der Waals surface area contributed by atoms with Crippen LogP contribution in [0.5, 0.6) is 0 Å². The maximum Gasteiger partial charge on any atom is 0.407 e. The number of carbonyl (C=O) groups excluding carboxylic acids is 4. The molecule has 2 aliphatic carbocycles. The van der Waals surface area contributed by atoms with Crippen molar-refractivity contribution in [3.8, 4) is 22.5 Å². The molecule has 16 nitrogen and oxygen atoms in total. The summed E-state index contributed by atoms with van der Waals surface area (Å²) in [5.41, 5.74) is 5.83. The first kappa shape index (κ1) is 35.6. The molecule has 9 rings (SSSR count). The van der Waals surface area contributed by atoms with Gasteiger partial charge in [0.1, 0.15) is 23.7 Å². The maximum atomic E-state index is 13.6. The molecular formula is C40H44N10O6. The topological polar surface area (TPSA) is 200 Å². The average Bonchev–Trinajstić information content (AvgIpc) is 4.00. The largest absolute Gasteiger partial charge is 0.453 e. The van der Waals surface area contributed by atoms with Gasteiger partial charge < -0.3 is 39.9 Å². The number of ether oxygens (including phenoxy) is 2. The lowest BCUT2D eigenvalue weighted by molar-refractivity contribution is -0.135. The SMILES string of the molecule is COC(=O)N[C@H](C(=O)N1CCC[C@H]1c1nc2ccc(-c3ncc(-c4ccc5nc([C@H]6CCCN6C(=O)[C@H](NC(=O)OC)C6CC6)[nH]c5c4)cn3)cc2[nH]1)C1CC1. The molecule has 0 unspecified atom stereocenters. The summed E-state index contributed by atoms with van der Waals surface area (Å²) in [4.78, 5) is 81.0. The zero-order valence-electron chi connectivity index (χ0n) is 31.3. The number of nitrogens with zero attached hydrogens (tertiary/aromatic N) is 6. The van der Waals surface area contributed by atoms with Crippen molar-refractivity contribution in [1.29, 1.82) is 0 Å².